The molecule has 0 aliphatic rings. The minimum atomic E-state index is -4.13. The second-order valence-corrected chi connectivity index (χ2v) is 8.87. The van der Waals surface area contributed by atoms with Crippen LogP contribution in [0.1, 0.15) is 89.2 Å². The molecule has 0 N–H and O–H groups in total. The van der Waals surface area contributed by atoms with E-state index in [-0.39, 0.29) is 35.3 Å². The molecule has 0 unspecified atom stereocenters. The van der Waals surface area contributed by atoms with E-state index in [1.165, 1.54) is 49.7 Å². The molecule has 0 amide bonds. The van der Waals surface area contributed by atoms with Gasteiger partial charge in [0.1, 0.15) is 5.75 Å². The van der Waals surface area contributed by atoms with Gasteiger partial charge in [0.2, 0.25) is 0 Å². The van der Waals surface area contributed by atoms with Crippen molar-refractivity contribution in [1.29, 1.82) is 0 Å². The summed E-state index contributed by atoms with van der Waals surface area (Å²) < 4.78 is 38.3. The summed E-state index contributed by atoms with van der Waals surface area (Å²) in [6.07, 6.45) is 12.8. The predicted molar refractivity (Wildman–Crippen MR) is 111 cm³/mol. The van der Waals surface area contributed by atoms with Crippen LogP contribution in [0.2, 0.25) is 0 Å². The maximum Gasteiger partial charge on any atom is 1.00 e. The third-order valence-corrected chi connectivity index (χ3v) is 5.60. The number of ether oxygens (including phenoxy) is 1. The zero-order valence-electron chi connectivity index (χ0n) is 18.2. The van der Waals surface area contributed by atoms with Gasteiger partial charge in [-0.05, 0) is 49.7 Å². The zero-order valence-corrected chi connectivity index (χ0v) is 21.0. The van der Waals surface area contributed by atoms with E-state index in [4.69, 9.17) is 4.74 Å². The molecule has 0 fully saturated rings. The molecule has 1 aromatic rings. The van der Waals surface area contributed by atoms with Crippen LogP contribution >= 0.6 is 0 Å². The molecule has 0 atom stereocenters. The molecule has 0 bridgehead atoms. The topological polar surface area (TPSA) is 66.4 Å². The second kappa shape index (κ2) is 16.7. The van der Waals surface area contributed by atoms with E-state index in [9.17, 15) is 13.0 Å². The van der Waals surface area contributed by atoms with E-state index in [0.717, 1.165) is 31.4 Å². The fourth-order valence-electron chi connectivity index (χ4n) is 3.26. The van der Waals surface area contributed by atoms with Crippen molar-refractivity contribution in [2.24, 2.45) is 0 Å². The van der Waals surface area contributed by atoms with Crippen LogP contribution in [0.5, 0.6) is 5.75 Å². The van der Waals surface area contributed by atoms with Crippen LogP contribution in [-0.4, -0.2) is 25.3 Å². The Morgan fingerprint density at radius 3 is 1.82 bits per heavy atom. The van der Waals surface area contributed by atoms with Crippen molar-refractivity contribution < 1.29 is 47.3 Å². The summed E-state index contributed by atoms with van der Waals surface area (Å²) in [6.45, 7) is 4.89. The van der Waals surface area contributed by atoms with Crippen LogP contribution < -0.4 is 34.3 Å². The molecule has 0 aliphatic heterocycles. The van der Waals surface area contributed by atoms with Gasteiger partial charge in [0.15, 0.2) is 0 Å². The van der Waals surface area contributed by atoms with E-state index in [0.29, 0.717) is 19.4 Å². The Kier molecular flexibility index (Phi) is 16.7. The molecule has 0 radical (unpaired) electrons. The van der Waals surface area contributed by atoms with E-state index in [1.54, 1.807) is 0 Å². The fourth-order valence-corrected chi connectivity index (χ4v) is 3.81. The van der Waals surface area contributed by atoms with E-state index >= 15 is 0 Å². The smallest absolute Gasteiger partial charge is 0.748 e. The SMILES string of the molecule is CCCCCCc1cccc(CCCCCC)c1OCCCCS(=O)(=O)[O-].[Na+]. The van der Waals surface area contributed by atoms with Gasteiger partial charge in [-0.2, -0.15) is 0 Å². The summed E-state index contributed by atoms with van der Waals surface area (Å²) in [5.41, 5.74) is 2.52. The van der Waals surface area contributed by atoms with Gasteiger partial charge in [-0.1, -0.05) is 70.6 Å². The van der Waals surface area contributed by atoms with Crippen LogP contribution in [0, 0.1) is 0 Å². The predicted octanol–water partition coefficient (Wildman–Crippen LogP) is 2.64. The maximum absolute atomic E-state index is 10.7. The van der Waals surface area contributed by atoms with Crippen LogP contribution in [0.15, 0.2) is 18.2 Å². The third-order valence-electron chi connectivity index (χ3n) is 4.81. The van der Waals surface area contributed by atoms with Gasteiger partial charge >= 0.3 is 29.6 Å². The number of para-hydroxylation sites is 1. The Morgan fingerprint density at radius 1 is 0.821 bits per heavy atom. The van der Waals surface area contributed by atoms with Gasteiger partial charge in [0.25, 0.3) is 0 Å². The number of hydrogen-bond donors (Lipinski definition) is 0. The summed E-state index contributed by atoms with van der Waals surface area (Å²) in [6, 6.07) is 6.43. The average molecular weight is 421 g/mol. The van der Waals surface area contributed by atoms with Crippen molar-refractivity contribution in [2.45, 2.75) is 90.9 Å². The molecule has 0 aromatic heterocycles. The van der Waals surface area contributed by atoms with Crippen molar-refractivity contribution in [2.75, 3.05) is 12.4 Å². The molecule has 0 aliphatic carbocycles. The Bertz CT molecular complexity index is 587. The minimum absolute atomic E-state index is 0. The second-order valence-electron chi connectivity index (χ2n) is 7.34. The third kappa shape index (κ3) is 13.2. The minimum Gasteiger partial charge on any atom is -0.748 e. The van der Waals surface area contributed by atoms with Gasteiger partial charge in [-0.3, -0.25) is 0 Å². The fraction of sp³-hybridized carbons (Fsp3) is 0.727. The Morgan fingerprint density at radius 2 is 1.36 bits per heavy atom. The first-order chi connectivity index (χ1) is 13.0. The van der Waals surface area contributed by atoms with Gasteiger partial charge < -0.3 is 9.29 Å². The standard InChI is InChI=1S/C22H38O4S.Na/c1-3-5-7-9-14-20-16-13-17-21(15-10-8-6-4-2)22(20)26-18-11-12-19-27(23,24)25;/h13,16-17H,3-12,14-15,18-19H2,1-2H3,(H,23,24,25);/q;+1/p-1. The van der Waals surface area contributed by atoms with Gasteiger partial charge in [-0.25, -0.2) is 8.42 Å². The Hall–Kier alpha value is -0.0700. The zero-order chi connectivity index (χ0) is 20.0. The Balaban J connectivity index is 0.00000729. The Labute approximate surface area is 194 Å². The normalized spacial score (nSPS) is 11.2. The molecule has 6 heteroatoms. The first kappa shape index (κ1) is 27.9. The number of unbranched alkanes of at least 4 members (excludes halogenated alkanes) is 7. The summed E-state index contributed by atoms with van der Waals surface area (Å²) in [5.74, 6) is 0.689. The van der Waals surface area contributed by atoms with Crippen LogP contribution in [-0.2, 0) is 23.0 Å². The quantitative estimate of drug-likeness (QED) is 0.234. The molecular formula is C22H37NaO4S. The van der Waals surface area contributed by atoms with Crippen molar-refractivity contribution in [3.63, 3.8) is 0 Å². The number of aryl methyl sites for hydroxylation is 2. The van der Waals surface area contributed by atoms with Gasteiger partial charge in [-0.15, -0.1) is 0 Å². The number of hydrogen-bond acceptors (Lipinski definition) is 4. The van der Waals surface area contributed by atoms with Crippen molar-refractivity contribution >= 4 is 10.1 Å². The molecule has 0 spiro atoms. The molecule has 1 aromatic carbocycles. The van der Waals surface area contributed by atoms with Crippen molar-refractivity contribution in [3.8, 4) is 5.75 Å². The molecule has 1 rings (SSSR count). The maximum atomic E-state index is 10.7. The molecule has 0 heterocycles. The van der Waals surface area contributed by atoms with Crippen LogP contribution in [0.25, 0.3) is 0 Å². The molecule has 28 heavy (non-hydrogen) atoms. The van der Waals surface area contributed by atoms with Crippen LogP contribution in [0.3, 0.4) is 0 Å². The average Bonchev–Trinajstić information content (AvgIpc) is 2.62. The van der Waals surface area contributed by atoms with Crippen LogP contribution in [0.4, 0.5) is 0 Å². The number of rotatable bonds is 16. The molecule has 0 saturated carbocycles. The molecule has 4 nitrogen and oxygen atoms in total. The summed E-state index contributed by atoms with van der Waals surface area (Å²) in [5, 5.41) is 0. The monoisotopic (exact) mass is 420 g/mol. The number of benzene rings is 1. The van der Waals surface area contributed by atoms with Gasteiger partial charge in [0, 0.05) is 5.75 Å². The largest absolute Gasteiger partial charge is 1.00 e. The molecule has 0 saturated heterocycles. The molecule has 156 valence electrons. The first-order valence-electron chi connectivity index (χ1n) is 10.6. The summed E-state index contributed by atoms with van der Waals surface area (Å²) in [7, 11) is -4.13. The van der Waals surface area contributed by atoms with Gasteiger partial charge in [0.05, 0.1) is 16.7 Å². The van der Waals surface area contributed by atoms with Crippen molar-refractivity contribution in [3.05, 3.63) is 29.3 Å². The summed E-state index contributed by atoms with van der Waals surface area (Å²) in [4.78, 5) is 0. The molecular weight excluding hydrogens is 383 g/mol. The van der Waals surface area contributed by atoms with E-state index < -0.39 is 10.1 Å². The summed E-state index contributed by atoms with van der Waals surface area (Å²) >= 11 is 0. The van der Waals surface area contributed by atoms with Crippen molar-refractivity contribution in [1.82, 2.24) is 0 Å². The van der Waals surface area contributed by atoms with E-state index in [2.05, 4.69) is 32.0 Å². The van der Waals surface area contributed by atoms with E-state index in [1.807, 2.05) is 0 Å². The first-order valence-corrected chi connectivity index (χ1v) is 12.2.